The molecule has 0 aliphatic heterocycles. The van der Waals surface area contributed by atoms with Crippen LogP contribution in [-0.2, 0) is 32.0 Å². The summed E-state index contributed by atoms with van der Waals surface area (Å²) in [5.74, 6) is -3.98. The summed E-state index contributed by atoms with van der Waals surface area (Å²) in [6.07, 6.45) is 2.12. The maximum absolute atomic E-state index is 12.7. The van der Waals surface area contributed by atoms with Crippen molar-refractivity contribution < 1.29 is 34.5 Å². The molecule has 2 rings (SSSR count). The number of aromatic amines is 1. The lowest BCUT2D eigenvalue weighted by molar-refractivity contribution is -0.143. The molecule has 0 spiro atoms. The molecule has 2 aromatic rings. The van der Waals surface area contributed by atoms with Crippen LogP contribution in [0, 0.1) is 0 Å². The highest BCUT2D eigenvalue weighted by molar-refractivity contribution is 5.92. The van der Waals surface area contributed by atoms with Gasteiger partial charge >= 0.3 is 11.9 Å². The van der Waals surface area contributed by atoms with Crippen molar-refractivity contribution in [3.63, 3.8) is 0 Å². The number of H-pyrrole nitrogens is 1. The minimum absolute atomic E-state index is 0.0558. The summed E-state index contributed by atoms with van der Waals surface area (Å²) < 4.78 is 0. The molecule has 32 heavy (non-hydrogen) atoms. The van der Waals surface area contributed by atoms with Crippen molar-refractivity contribution >= 4 is 23.8 Å². The molecular formula is C20H25N5O7. The molecule has 1 aromatic carbocycles. The van der Waals surface area contributed by atoms with Crippen molar-refractivity contribution in [1.82, 2.24) is 20.6 Å². The molecule has 0 aliphatic rings. The van der Waals surface area contributed by atoms with Gasteiger partial charge in [-0.2, -0.15) is 0 Å². The molecule has 0 bridgehead atoms. The number of aromatic nitrogens is 2. The van der Waals surface area contributed by atoms with Gasteiger partial charge in [0, 0.05) is 24.7 Å². The highest BCUT2D eigenvalue weighted by atomic mass is 16.4. The summed E-state index contributed by atoms with van der Waals surface area (Å²) in [4.78, 5) is 54.2. The van der Waals surface area contributed by atoms with E-state index < -0.39 is 48.3 Å². The number of aromatic hydroxyl groups is 1. The molecule has 1 aromatic heterocycles. The lowest BCUT2D eigenvalue weighted by Crippen LogP contribution is -2.55. The molecule has 12 heteroatoms. The maximum Gasteiger partial charge on any atom is 0.326 e. The monoisotopic (exact) mass is 447 g/mol. The van der Waals surface area contributed by atoms with Gasteiger partial charge in [0.25, 0.3) is 0 Å². The number of carbonyl (C=O) groups is 4. The zero-order valence-electron chi connectivity index (χ0n) is 17.0. The van der Waals surface area contributed by atoms with E-state index in [2.05, 4.69) is 20.6 Å². The van der Waals surface area contributed by atoms with Gasteiger partial charge in [-0.3, -0.25) is 14.4 Å². The number of hydrogen-bond acceptors (Lipinski definition) is 7. The lowest BCUT2D eigenvalue weighted by atomic mass is 10.0. The second kappa shape index (κ2) is 11.5. The van der Waals surface area contributed by atoms with Gasteiger partial charge in [-0.25, -0.2) is 9.78 Å². The number of carboxylic acids is 2. The van der Waals surface area contributed by atoms with E-state index >= 15 is 0 Å². The van der Waals surface area contributed by atoms with E-state index in [1.54, 1.807) is 12.1 Å². The number of carbonyl (C=O) groups excluding carboxylic acids is 2. The van der Waals surface area contributed by atoms with Crippen LogP contribution in [0.5, 0.6) is 5.75 Å². The zero-order valence-corrected chi connectivity index (χ0v) is 17.0. The second-order valence-corrected chi connectivity index (χ2v) is 7.15. The highest BCUT2D eigenvalue weighted by Gasteiger charge is 2.28. The van der Waals surface area contributed by atoms with Crippen LogP contribution in [0.15, 0.2) is 36.8 Å². The van der Waals surface area contributed by atoms with Crippen LogP contribution < -0.4 is 16.4 Å². The molecule has 0 unspecified atom stereocenters. The first kappa shape index (κ1) is 24.3. The molecule has 0 saturated carbocycles. The molecule has 8 N–H and O–H groups in total. The van der Waals surface area contributed by atoms with Crippen LogP contribution >= 0.6 is 0 Å². The lowest BCUT2D eigenvalue weighted by Gasteiger charge is -2.22. The van der Waals surface area contributed by atoms with Gasteiger partial charge in [0.2, 0.25) is 11.8 Å². The Balaban J connectivity index is 2.04. The fraction of sp³-hybridized carbons (Fsp3) is 0.350. The molecule has 0 aliphatic carbocycles. The number of phenols is 1. The van der Waals surface area contributed by atoms with Gasteiger partial charge in [0.05, 0.1) is 12.4 Å². The summed E-state index contributed by atoms with van der Waals surface area (Å²) in [5.41, 5.74) is 7.04. The quantitative estimate of drug-likeness (QED) is 0.216. The van der Waals surface area contributed by atoms with Crippen molar-refractivity contribution in [2.24, 2.45) is 5.73 Å². The predicted octanol–water partition coefficient (Wildman–Crippen LogP) is -0.853. The normalized spacial score (nSPS) is 13.5. The van der Waals surface area contributed by atoms with Gasteiger partial charge in [-0.15, -0.1) is 0 Å². The molecular weight excluding hydrogens is 422 g/mol. The standard InChI is InChI=1S/C20H25N5O7/c21-14(7-11-1-3-13(26)4-2-11)18(29)24-15(5-6-17(27)28)19(30)25-16(20(31)32)8-12-9-22-10-23-12/h1-4,9-10,14-16,26H,5-8,21H2,(H,22,23)(H,24,29)(H,25,30)(H,27,28)(H,31,32)/t14-,15-,16-/m0/s1. The number of phenolic OH excluding ortho intramolecular Hbond substituents is 1. The second-order valence-electron chi connectivity index (χ2n) is 7.15. The Morgan fingerprint density at radius 3 is 2.22 bits per heavy atom. The number of nitrogens with two attached hydrogens (primary N) is 1. The van der Waals surface area contributed by atoms with Gasteiger partial charge in [-0.1, -0.05) is 12.1 Å². The number of amides is 2. The molecule has 0 radical (unpaired) electrons. The number of nitrogens with zero attached hydrogens (tertiary/aromatic N) is 1. The first-order chi connectivity index (χ1) is 15.2. The Labute approximate surface area is 182 Å². The number of rotatable bonds is 12. The molecule has 0 fully saturated rings. The van der Waals surface area contributed by atoms with E-state index in [4.69, 9.17) is 10.8 Å². The first-order valence-corrected chi connectivity index (χ1v) is 9.71. The third-order valence-corrected chi connectivity index (χ3v) is 4.60. The van der Waals surface area contributed by atoms with Crippen molar-refractivity contribution in [1.29, 1.82) is 0 Å². The van der Waals surface area contributed by atoms with Gasteiger partial charge < -0.3 is 36.7 Å². The average molecular weight is 447 g/mol. The Kier molecular flexibility index (Phi) is 8.72. The fourth-order valence-electron chi connectivity index (χ4n) is 2.88. The van der Waals surface area contributed by atoms with E-state index in [0.717, 1.165) is 0 Å². The molecule has 0 saturated heterocycles. The fourth-order valence-corrected chi connectivity index (χ4v) is 2.88. The van der Waals surface area contributed by atoms with Gasteiger partial charge in [0.15, 0.2) is 0 Å². The van der Waals surface area contributed by atoms with Crippen LogP contribution in [0.2, 0.25) is 0 Å². The van der Waals surface area contributed by atoms with E-state index in [1.807, 2.05) is 0 Å². The third-order valence-electron chi connectivity index (χ3n) is 4.60. The minimum Gasteiger partial charge on any atom is -0.508 e. The highest BCUT2D eigenvalue weighted by Crippen LogP contribution is 2.11. The Morgan fingerprint density at radius 1 is 1.00 bits per heavy atom. The largest absolute Gasteiger partial charge is 0.508 e. The molecule has 12 nitrogen and oxygen atoms in total. The van der Waals surface area contributed by atoms with Crippen LogP contribution in [0.1, 0.15) is 24.1 Å². The third kappa shape index (κ3) is 7.72. The number of benzene rings is 1. The van der Waals surface area contributed by atoms with E-state index in [0.29, 0.717) is 11.3 Å². The SMILES string of the molecule is N[C@@H](Cc1ccc(O)cc1)C(=O)N[C@@H](CCC(=O)O)C(=O)N[C@@H](Cc1cnc[nH]1)C(=O)O. The summed E-state index contributed by atoms with van der Waals surface area (Å²) in [5, 5.41) is 32.4. The van der Waals surface area contributed by atoms with Crippen molar-refractivity contribution in [3.05, 3.63) is 48.0 Å². The molecule has 1 heterocycles. The predicted molar refractivity (Wildman–Crippen MR) is 110 cm³/mol. The Hall–Kier alpha value is -3.93. The van der Waals surface area contributed by atoms with Gasteiger partial charge in [-0.05, 0) is 30.5 Å². The van der Waals surface area contributed by atoms with Crippen molar-refractivity contribution in [2.75, 3.05) is 0 Å². The summed E-state index contributed by atoms with van der Waals surface area (Å²) in [6.45, 7) is 0. The number of nitrogens with one attached hydrogen (secondary N) is 3. The number of carboxylic acid groups (broad SMARTS) is 2. The Bertz CT molecular complexity index is 930. The molecule has 2 amide bonds. The van der Waals surface area contributed by atoms with Crippen LogP contribution in [0.3, 0.4) is 0 Å². The van der Waals surface area contributed by atoms with Gasteiger partial charge in [0.1, 0.15) is 17.8 Å². The number of imidazole rings is 1. The summed E-state index contributed by atoms with van der Waals surface area (Å²) in [7, 11) is 0. The molecule has 172 valence electrons. The smallest absolute Gasteiger partial charge is 0.326 e. The van der Waals surface area contributed by atoms with Crippen molar-refractivity contribution in [2.45, 2.75) is 43.8 Å². The molecule has 3 atom stereocenters. The zero-order chi connectivity index (χ0) is 23.7. The van der Waals surface area contributed by atoms with E-state index in [-0.39, 0.29) is 25.0 Å². The maximum atomic E-state index is 12.7. The number of hydrogen-bond donors (Lipinski definition) is 7. The first-order valence-electron chi connectivity index (χ1n) is 9.71. The van der Waals surface area contributed by atoms with Crippen LogP contribution in [0.25, 0.3) is 0 Å². The van der Waals surface area contributed by atoms with Crippen LogP contribution in [-0.4, -0.2) is 67.2 Å². The number of aliphatic carboxylic acids is 2. The van der Waals surface area contributed by atoms with Crippen LogP contribution in [0.4, 0.5) is 0 Å². The van der Waals surface area contributed by atoms with Crippen molar-refractivity contribution in [3.8, 4) is 5.75 Å². The summed E-state index contributed by atoms with van der Waals surface area (Å²) >= 11 is 0. The van der Waals surface area contributed by atoms with E-state index in [1.165, 1.54) is 24.7 Å². The summed E-state index contributed by atoms with van der Waals surface area (Å²) in [6, 6.07) is 2.38. The average Bonchev–Trinajstić information content (AvgIpc) is 3.24. The minimum atomic E-state index is -1.32. The topological polar surface area (TPSA) is 208 Å². The Morgan fingerprint density at radius 2 is 1.66 bits per heavy atom. The van der Waals surface area contributed by atoms with E-state index in [9.17, 15) is 29.4 Å².